The molecule has 88 heavy (non-hydrogen) atoms. The van der Waals surface area contributed by atoms with Crippen LogP contribution in [0.15, 0.2) is 109 Å². The molecule has 0 unspecified atom stereocenters. The molecule has 6 aromatic rings. The second-order valence-corrected chi connectivity index (χ2v) is 22.3. The highest BCUT2D eigenvalue weighted by Crippen LogP contribution is 2.44. The zero-order valence-electron chi connectivity index (χ0n) is 48.5. The van der Waals surface area contributed by atoms with Crippen molar-refractivity contribution in [3.63, 3.8) is 0 Å². The first kappa shape index (κ1) is 77.2. The minimum absolute atomic E-state index is 0. The number of anilines is 4. The molecule has 0 radical (unpaired) electrons. The van der Waals surface area contributed by atoms with Crippen LogP contribution in [0.3, 0.4) is 0 Å². The number of hydrogen-bond donors (Lipinski definition) is 0. The average molecular weight is 1590 g/mol. The van der Waals surface area contributed by atoms with Gasteiger partial charge < -0.3 is 58.3 Å². The van der Waals surface area contributed by atoms with Crippen molar-refractivity contribution >= 4 is 72.1 Å². The smallest absolute Gasteiger partial charge is 0.416 e. The van der Waals surface area contributed by atoms with Crippen molar-refractivity contribution in [1.29, 1.82) is 0 Å². The molecule has 484 valence electrons. The van der Waals surface area contributed by atoms with E-state index in [1.807, 2.05) is 80.4 Å². The number of aromatic nitrogens is 2. The van der Waals surface area contributed by atoms with E-state index in [1.54, 1.807) is 13.1 Å². The molecular formula is C62H72F12I3N8O3-. The average Bonchev–Trinajstić information content (AvgIpc) is 1.02. The molecule has 0 spiro atoms. The van der Waals surface area contributed by atoms with Gasteiger partial charge in [-0.3, -0.25) is 9.59 Å². The molecule has 0 atom stereocenters. The summed E-state index contributed by atoms with van der Waals surface area (Å²) in [5, 5.41) is 12.3. The maximum atomic E-state index is 13.9. The topological polar surface area (TPSA) is 99.2 Å². The normalized spacial score (nSPS) is 14.8. The van der Waals surface area contributed by atoms with E-state index in [2.05, 4.69) is 57.0 Å². The fourth-order valence-electron chi connectivity index (χ4n) is 10.0. The monoisotopic (exact) mass is 1590 g/mol. The second-order valence-electron chi connectivity index (χ2n) is 22.3. The largest absolute Gasteiger partial charge is 1.00 e. The lowest BCUT2D eigenvalue weighted by Crippen LogP contribution is -3.00. The van der Waals surface area contributed by atoms with Gasteiger partial charge in [0.25, 0.3) is 0 Å². The van der Waals surface area contributed by atoms with E-state index >= 15 is 0 Å². The quantitative estimate of drug-likeness (QED) is 0.0579. The molecule has 2 fully saturated rings. The molecule has 2 aliphatic heterocycles. The Morgan fingerprint density at radius 2 is 0.784 bits per heavy atom. The minimum atomic E-state index is -5.05. The van der Waals surface area contributed by atoms with Crippen LogP contribution in [-0.4, -0.2) is 112 Å². The highest BCUT2D eigenvalue weighted by atomic mass is 128. The van der Waals surface area contributed by atoms with Gasteiger partial charge in [-0.1, -0.05) is 63.4 Å². The number of hydroxylamine groups is 3. The van der Waals surface area contributed by atoms with E-state index < -0.39 is 80.7 Å². The number of hydrogen-bond acceptors (Lipinski definition) is 8. The van der Waals surface area contributed by atoms with E-state index in [4.69, 9.17) is 0 Å². The van der Waals surface area contributed by atoms with Crippen LogP contribution < -0.4 is 43.6 Å². The van der Waals surface area contributed by atoms with Crippen LogP contribution in [0.2, 0.25) is 0 Å². The lowest BCUT2D eigenvalue weighted by Gasteiger charge is -2.45. The molecule has 26 heteroatoms. The van der Waals surface area contributed by atoms with Crippen LogP contribution in [0.4, 0.5) is 75.7 Å². The van der Waals surface area contributed by atoms with Gasteiger partial charge in [-0.05, 0) is 131 Å². The van der Waals surface area contributed by atoms with Crippen molar-refractivity contribution in [2.75, 3.05) is 100 Å². The van der Waals surface area contributed by atoms with E-state index in [0.29, 0.717) is 84.6 Å². The lowest BCUT2D eigenvalue weighted by atomic mass is 9.81. The van der Waals surface area contributed by atoms with E-state index in [9.17, 15) is 67.5 Å². The Morgan fingerprint density at radius 3 is 1.08 bits per heavy atom. The summed E-state index contributed by atoms with van der Waals surface area (Å²) in [6.45, 7) is 13.9. The molecule has 2 amide bonds. The van der Waals surface area contributed by atoms with Crippen LogP contribution in [0, 0.1) is 19.1 Å². The molecule has 4 aromatic carbocycles. The van der Waals surface area contributed by atoms with Crippen LogP contribution in [-0.2, 0) is 45.1 Å². The minimum Gasteiger partial charge on any atom is -1.00 e. The van der Waals surface area contributed by atoms with Crippen molar-refractivity contribution < 1.29 is 90.9 Å². The highest BCUT2D eigenvalue weighted by Gasteiger charge is 2.44. The number of likely N-dealkylation sites (N-methyl/N-ethyl adjacent to an activating group) is 4. The number of amides is 2. The molecule has 2 aromatic heterocycles. The van der Waals surface area contributed by atoms with Crippen LogP contribution in [0.25, 0.3) is 22.3 Å². The van der Waals surface area contributed by atoms with E-state index in [0.717, 1.165) is 48.4 Å². The third kappa shape index (κ3) is 18.1. The Morgan fingerprint density at radius 1 is 0.500 bits per heavy atom. The molecule has 0 aliphatic carbocycles. The molecule has 2 aliphatic rings. The number of piperazine rings is 2. The molecule has 2 saturated heterocycles. The van der Waals surface area contributed by atoms with Crippen LogP contribution in [0.1, 0.15) is 87.1 Å². The Hall–Kier alpha value is -5.05. The predicted octanol–water partition coefficient (Wildman–Crippen LogP) is 13.6. The highest BCUT2D eigenvalue weighted by molar-refractivity contribution is 15.0. The maximum Gasteiger partial charge on any atom is 0.416 e. The van der Waals surface area contributed by atoms with Gasteiger partial charge in [-0.15, -0.1) is 0 Å². The van der Waals surface area contributed by atoms with Gasteiger partial charge in [0.1, 0.15) is 11.6 Å². The standard InChI is InChI=1S/C30H32F6N4O2.C30H32F6N4O.2CH4.I2.HI/c1-19-8-6-7-9-23(19)24-17-26(39-10-12-40(5,42)13-11-39)37-18-25(24)38(4)27(41)28(2,3)20-14-21(29(31,32)33)16-22(15-20)30(34,35)36;1-19-8-6-7-9-23(19)24-17-26(40-12-10-38(4)11-13-40)37-18-25(24)39(5)27(41)28(2,3)20-14-21(29(31,32)33)16-22(15-20)30(34,35)36;;;1-2;/h6-9,14-18H,10-13H2,1-5H3;6-9,14-18H,10-13H2,1-5H3;2*1H4;;1H/p-1. The molecule has 11 nitrogen and oxygen atoms in total. The molecule has 0 saturated carbocycles. The number of pyridine rings is 2. The molecule has 0 bridgehead atoms. The number of nitrogens with zero attached hydrogens (tertiary/aromatic N) is 8. The Balaban J connectivity index is 0.000000433. The number of rotatable bonds is 10. The second kappa shape index (κ2) is 29.9. The number of aryl methyl sites for hydroxylation is 2. The summed E-state index contributed by atoms with van der Waals surface area (Å²) in [5.74, 6) is -0.108. The molecular weight excluding hydrogens is 1510 g/mol. The van der Waals surface area contributed by atoms with Gasteiger partial charge in [0.2, 0.25) is 11.8 Å². The summed E-state index contributed by atoms with van der Waals surface area (Å²) in [6, 6.07) is 21.1. The van der Waals surface area contributed by atoms with Gasteiger partial charge in [-0.2, -0.15) is 52.7 Å². The number of carbonyl (C=O) groups is 2. The molecule has 0 N–H and O–H groups in total. The van der Waals surface area contributed by atoms with Gasteiger partial charge in [-0.25, -0.2) is 9.97 Å². The van der Waals surface area contributed by atoms with Crippen molar-refractivity contribution in [3.8, 4) is 22.3 Å². The summed E-state index contributed by atoms with van der Waals surface area (Å²) in [6.07, 6.45) is -17.1. The first-order valence-electron chi connectivity index (χ1n) is 26.5. The Kier molecular flexibility index (Phi) is 26.3. The van der Waals surface area contributed by atoms with Crippen molar-refractivity contribution in [1.82, 2.24) is 14.9 Å². The summed E-state index contributed by atoms with van der Waals surface area (Å²) < 4.78 is 162. The molecule has 4 heterocycles. The summed E-state index contributed by atoms with van der Waals surface area (Å²) in [5.41, 5.74) is -4.83. The first-order chi connectivity index (χ1) is 39.3. The summed E-state index contributed by atoms with van der Waals surface area (Å²) in [7, 11) is 6.52. The number of halogens is 15. The lowest BCUT2D eigenvalue weighted by molar-refractivity contribution is -0.861. The third-order valence-corrected chi connectivity index (χ3v) is 15.5. The zero-order chi connectivity index (χ0) is 63.6. The Labute approximate surface area is 547 Å². The maximum absolute atomic E-state index is 13.9. The summed E-state index contributed by atoms with van der Waals surface area (Å²) in [4.78, 5) is 45.7. The van der Waals surface area contributed by atoms with Crippen molar-refractivity contribution in [2.45, 2.75) is 91.9 Å². The van der Waals surface area contributed by atoms with Gasteiger partial charge >= 0.3 is 24.7 Å². The SMILES string of the molecule is C.C.Cc1ccccc1-c1cc(N2CCN(C)CC2)ncc1N(C)C(=O)C(C)(C)c1cc(C(F)(F)F)cc(C(F)(F)F)c1.Cc1ccccc1-c1cc(N2CC[N+](C)([O-])CC2)ncc1N(C)C(=O)C(C)(C)c1cc(C(F)(F)F)cc(C(F)(F)F)c1.II.[I-]. The van der Waals surface area contributed by atoms with Gasteiger partial charge in [0, 0.05) is 88.6 Å². The number of quaternary nitrogens is 1. The third-order valence-electron chi connectivity index (χ3n) is 15.5. The fraction of sp³-hybridized carbons (Fsp3) is 0.419. The van der Waals surface area contributed by atoms with Crippen LogP contribution >= 0.6 is 37.2 Å². The zero-order valence-corrected chi connectivity index (χ0v) is 55.0. The number of benzene rings is 4. The van der Waals surface area contributed by atoms with Crippen LogP contribution in [0.5, 0.6) is 0 Å². The van der Waals surface area contributed by atoms with Gasteiger partial charge in [0.05, 0.1) is 90.1 Å². The number of alkyl halides is 12. The fourth-order valence-corrected chi connectivity index (χ4v) is 10.0. The predicted molar refractivity (Wildman–Crippen MR) is 337 cm³/mol. The van der Waals surface area contributed by atoms with E-state index in [1.165, 1.54) is 64.0 Å². The molecule has 8 rings (SSSR count). The van der Waals surface area contributed by atoms with Crippen molar-refractivity contribution in [2.24, 2.45) is 0 Å². The summed E-state index contributed by atoms with van der Waals surface area (Å²) >= 11 is 4.24. The number of carbonyl (C=O) groups excluding carboxylic acids is 2. The van der Waals surface area contributed by atoms with Gasteiger partial charge in [0.15, 0.2) is 0 Å². The first-order valence-corrected chi connectivity index (χ1v) is 32.8. The Bertz CT molecular complexity index is 3290. The van der Waals surface area contributed by atoms with Crippen molar-refractivity contribution in [3.05, 3.63) is 159 Å². The van der Waals surface area contributed by atoms with E-state index in [-0.39, 0.29) is 55.6 Å².